The molecule has 3 aliphatic rings. The van der Waals surface area contributed by atoms with Crippen molar-refractivity contribution < 1.29 is 4.74 Å². The Hall–Kier alpha value is -3.14. The largest absolute Gasteiger partial charge is 0.497 e. The van der Waals surface area contributed by atoms with Crippen molar-refractivity contribution in [2.45, 2.75) is 50.4 Å². The Morgan fingerprint density at radius 1 is 1.03 bits per heavy atom. The number of benzene rings is 2. The first-order chi connectivity index (χ1) is 16.2. The van der Waals surface area contributed by atoms with Crippen LogP contribution in [0.5, 0.6) is 5.75 Å². The zero-order chi connectivity index (χ0) is 22.2. The fourth-order valence-corrected chi connectivity index (χ4v) is 7.39. The molecule has 2 aromatic heterocycles. The Bertz CT molecular complexity index is 1370. The average molecular weight is 436 g/mol. The standard InChI is InChI=1S/C29H29N3O/c1-29-13-12-23-22-11-9-21(33-2)14-19(22)8-10-24(23)25(29)15-20-17-30-27-16-26(31-32(27)28(20)29)18-6-4-3-5-7-18/h3-7,9,11,14,16-17,23-25H,8,10,12-13,15H2,1-2H3/t23-,24-,25+,29+/m1/s1. The molecule has 4 nitrogen and oxygen atoms in total. The maximum atomic E-state index is 5.50. The second-order valence-corrected chi connectivity index (χ2v) is 10.4. The van der Waals surface area contributed by atoms with Gasteiger partial charge in [-0.25, -0.2) is 9.50 Å². The van der Waals surface area contributed by atoms with E-state index in [-0.39, 0.29) is 5.41 Å². The summed E-state index contributed by atoms with van der Waals surface area (Å²) in [5.41, 5.74) is 9.17. The zero-order valence-corrected chi connectivity index (χ0v) is 19.3. The van der Waals surface area contributed by atoms with Gasteiger partial charge < -0.3 is 4.74 Å². The number of rotatable bonds is 2. The quantitative estimate of drug-likeness (QED) is 0.389. The van der Waals surface area contributed by atoms with Crippen LogP contribution in [0.4, 0.5) is 0 Å². The molecule has 2 aromatic carbocycles. The summed E-state index contributed by atoms with van der Waals surface area (Å²) in [4.78, 5) is 4.83. The first kappa shape index (κ1) is 19.3. The van der Waals surface area contributed by atoms with Gasteiger partial charge in [0.2, 0.25) is 0 Å². The monoisotopic (exact) mass is 435 g/mol. The van der Waals surface area contributed by atoms with E-state index in [2.05, 4.69) is 72.2 Å². The van der Waals surface area contributed by atoms with Crippen molar-refractivity contribution in [3.63, 3.8) is 0 Å². The number of aryl methyl sites for hydroxylation is 1. The number of hydrogen-bond donors (Lipinski definition) is 0. The lowest BCUT2D eigenvalue weighted by Crippen LogP contribution is -2.43. The van der Waals surface area contributed by atoms with Gasteiger partial charge in [0.25, 0.3) is 0 Å². The van der Waals surface area contributed by atoms with Crippen LogP contribution in [0, 0.1) is 11.8 Å². The summed E-state index contributed by atoms with van der Waals surface area (Å²) in [6.45, 7) is 2.51. The van der Waals surface area contributed by atoms with Gasteiger partial charge in [0.15, 0.2) is 5.65 Å². The Morgan fingerprint density at radius 3 is 2.76 bits per heavy atom. The molecule has 0 bridgehead atoms. The number of hydrogen-bond acceptors (Lipinski definition) is 3. The van der Waals surface area contributed by atoms with Gasteiger partial charge >= 0.3 is 0 Å². The minimum Gasteiger partial charge on any atom is -0.497 e. The van der Waals surface area contributed by atoms with Gasteiger partial charge in [0.1, 0.15) is 5.75 Å². The van der Waals surface area contributed by atoms with E-state index in [1.165, 1.54) is 36.1 Å². The third-order valence-corrected chi connectivity index (χ3v) is 8.93. The molecule has 0 aliphatic heterocycles. The van der Waals surface area contributed by atoms with Gasteiger partial charge in [-0.15, -0.1) is 0 Å². The van der Waals surface area contributed by atoms with Crippen LogP contribution in [0.2, 0.25) is 0 Å². The molecule has 0 radical (unpaired) electrons. The molecule has 4 heteroatoms. The summed E-state index contributed by atoms with van der Waals surface area (Å²) in [5, 5.41) is 5.09. The smallest absolute Gasteiger partial charge is 0.155 e. The molecule has 33 heavy (non-hydrogen) atoms. The van der Waals surface area contributed by atoms with Crippen LogP contribution >= 0.6 is 0 Å². The first-order valence-electron chi connectivity index (χ1n) is 12.3. The van der Waals surface area contributed by atoms with Crippen LogP contribution in [0.3, 0.4) is 0 Å². The average Bonchev–Trinajstić information content (AvgIpc) is 3.42. The van der Waals surface area contributed by atoms with Crippen molar-refractivity contribution >= 4 is 5.65 Å². The lowest BCUT2D eigenvalue weighted by atomic mass is 9.55. The molecule has 0 N–H and O–H groups in total. The highest BCUT2D eigenvalue weighted by Crippen LogP contribution is 2.60. The number of ether oxygens (including phenoxy) is 1. The highest BCUT2D eigenvalue weighted by atomic mass is 16.5. The van der Waals surface area contributed by atoms with E-state index in [1.807, 2.05) is 0 Å². The fourth-order valence-electron chi connectivity index (χ4n) is 7.39. The Labute approximate surface area is 194 Å². The lowest BCUT2D eigenvalue weighted by Gasteiger charge is -2.49. The highest BCUT2D eigenvalue weighted by molar-refractivity contribution is 5.64. The Kier molecular flexibility index (Phi) is 4.06. The van der Waals surface area contributed by atoms with Crippen molar-refractivity contribution in [2.24, 2.45) is 11.8 Å². The normalized spacial score (nSPS) is 27.5. The highest BCUT2D eigenvalue weighted by Gasteiger charge is 2.54. The lowest BCUT2D eigenvalue weighted by molar-refractivity contribution is 0.103. The molecule has 1 saturated carbocycles. The summed E-state index contributed by atoms with van der Waals surface area (Å²) in [7, 11) is 1.77. The van der Waals surface area contributed by atoms with Gasteiger partial charge in [0, 0.05) is 23.2 Å². The molecular formula is C29H29N3O. The third-order valence-electron chi connectivity index (χ3n) is 8.93. The third kappa shape index (κ3) is 2.70. The van der Waals surface area contributed by atoms with E-state index in [0.717, 1.165) is 41.4 Å². The molecule has 0 unspecified atom stereocenters. The van der Waals surface area contributed by atoms with E-state index in [4.69, 9.17) is 14.8 Å². The molecule has 166 valence electrons. The van der Waals surface area contributed by atoms with Crippen LogP contribution in [0.1, 0.15) is 54.5 Å². The molecule has 0 saturated heterocycles. The second-order valence-electron chi connectivity index (χ2n) is 10.4. The molecule has 3 aliphatic carbocycles. The number of nitrogens with zero attached hydrogens (tertiary/aromatic N) is 3. The molecule has 4 atom stereocenters. The minimum atomic E-state index is 0.154. The molecule has 1 fully saturated rings. The van der Waals surface area contributed by atoms with Gasteiger partial charge in [-0.05, 0) is 78.7 Å². The van der Waals surface area contributed by atoms with Crippen molar-refractivity contribution in [3.05, 3.63) is 83.2 Å². The van der Waals surface area contributed by atoms with Crippen molar-refractivity contribution in [1.82, 2.24) is 14.6 Å². The summed E-state index contributed by atoms with van der Waals surface area (Å²) in [5.74, 6) is 3.02. The van der Waals surface area contributed by atoms with E-state index in [0.29, 0.717) is 11.8 Å². The molecule has 2 heterocycles. The second kappa shape index (κ2) is 6.93. The maximum Gasteiger partial charge on any atom is 0.155 e. The predicted octanol–water partition coefficient (Wildman–Crippen LogP) is 5.97. The predicted molar refractivity (Wildman–Crippen MR) is 130 cm³/mol. The van der Waals surface area contributed by atoms with Crippen LogP contribution < -0.4 is 4.74 Å². The van der Waals surface area contributed by atoms with Gasteiger partial charge in [-0.1, -0.05) is 43.3 Å². The van der Waals surface area contributed by atoms with Gasteiger partial charge in [-0.2, -0.15) is 5.10 Å². The topological polar surface area (TPSA) is 39.4 Å². The number of fused-ring (bicyclic) bond motifs is 9. The Morgan fingerprint density at radius 2 is 1.91 bits per heavy atom. The first-order valence-corrected chi connectivity index (χ1v) is 12.3. The number of aromatic nitrogens is 3. The molecule has 0 spiro atoms. The zero-order valence-electron chi connectivity index (χ0n) is 19.3. The molecular weight excluding hydrogens is 406 g/mol. The van der Waals surface area contributed by atoms with Crippen LogP contribution in [0.15, 0.2) is 60.8 Å². The molecule has 7 rings (SSSR count). The van der Waals surface area contributed by atoms with Crippen LogP contribution in [0.25, 0.3) is 16.9 Å². The minimum absolute atomic E-state index is 0.154. The Balaban J connectivity index is 1.30. The SMILES string of the molecule is COc1ccc2c(c1)CC[C@@H]1[C@@H]2CC[C@]2(C)c3c(cnc4cc(-c5ccccc5)nn34)C[C@@H]12. The molecule has 4 aromatic rings. The van der Waals surface area contributed by atoms with Crippen LogP contribution in [-0.2, 0) is 18.3 Å². The van der Waals surface area contributed by atoms with Gasteiger partial charge in [-0.3, -0.25) is 0 Å². The van der Waals surface area contributed by atoms with Crippen molar-refractivity contribution in [3.8, 4) is 17.0 Å². The summed E-state index contributed by atoms with van der Waals surface area (Å²) in [6, 6.07) is 19.4. The van der Waals surface area contributed by atoms with Crippen molar-refractivity contribution in [2.75, 3.05) is 7.11 Å². The van der Waals surface area contributed by atoms with Gasteiger partial charge in [0.05, 0.1) is 18.5 Å². The van der Waals surface area contributed by atoms with Crippen LogP contribution in [-0.4, -0.2) is 21.7 Å². The summed E-state index contributed by atoms with van der Waals surface area (Å²) >= 11 is 0. The van der Waals surface area contributed by atoms with E-state index in [1.54, 1.807) is 12.7 Å². The molecule has 0 amide bonds. The summed E-state index contributed by atoms with van der Waals surface area (Å²) in [6.07, 6.45) is 8.14. The summed E-state index contributed by atoms with van der Waals surface area (Å²) < 4.78 is 7.68. The maximum absolute atomic E-state index is 5.50. The number of methoxy groups -OCH3 is 1. The fraction of sp³-hybridized carbons (Fsp3) is 0.379. The van der Waals surface area contributed by atoms with E-state index in [9.17, 15) is 0 Å². The van der Waals surface area contributed by atoms with Crippen molar-refractivity contribution in [1.29, 1.82) is 0 Å². The van der Waals surface area contributed by atoms with E-state index >= 15 is 0 Å². The van der Waals surface area contributed by atoms with E-state index < -0.39 is 0 Å².